The number of anilines is 1. The van der Waals surface area contributed by atoms with Gasteiger partial charge in [0.25, 0.3) is 0 Å². The molecule has 0 fully saturated rings. The van der Waals surface area contributed by atoms with Gasteiger partial charge >= 0.3 is 0 Å². The van der Waals surface area contributed by atoms with E-state index in [0.29, 0.717) is 0 Å². The Morgan fingerprint density at radius 3 is 2.23 bits per heavy atom. The van der Waals surface area contributed by atoms with E-state index in [0.717, 1.165) is 12.2 Å². The minimum absolute atomic E-state index is 0. The lowest BCUT2D eigenvalue weighted by atomic mass is 10.3. The smallest absolute Gasteiger partial charge is 0.0407 e. The summed E-state index contributed by atoms with van der Waals surface area (Å²) in [5.74, 6) is 0. The third-order valence-electron chi connectivity index (χ3n) is 1.84. The maximum absolute atomic E-state index is 3.93. The first kappa shape index (κ1) is 11.7. The standard InChI is InChI=1S/C11H15N.H2O/c1-4-12(10(2)3)11-8-6-5-7-9-11;/h5-9H,2,4H2,1,3H3;1H2. The molecule has 0 amide bonds. The molecule has 0 heterocycles. The van der Waals surface area contributed by atoms with Crippen molar-refractivity contribution in [1.29, 1.82) is 0 Å². The first-order valence-corrected chi connectivity index (χ1v) is 4.23. The molecule has 0 aromatic heterocycles. The van der Waals surface area contributed by atoms with Gasteiger partial charge in [0.05, 0.1) is 0 Å². The van der Waals surface area contributed by atoms with E-state index in [1.165, 1.54) is 5.69 Å². The molecule has 0 unspecified atom stereocenters. The Balaban J connectivity index is 0.00000144. The average Bonchev–Trinajstić information content (AvgIpc) is 2.07. The number of benzene rings is 1. The number of rotatable bonds is 3. The van der Waals surface area contributed by atoms with Gasteiger partial charge in [0.2, 0.25) is 0 Å². The highest BCUT2D eigenvalue weighted by Crippen LogP contribution is 2.16. The van der Waals surface area contributed by atoms with Crippen molar-refractivity contribution in [2.75, 3.05) is 11.4 Å². The van der Waals surface area contributed by atoms with Gasteiger partial charge in [-0.15, -0.1) is 0 Å². The molecule has 2 heteroatoms. The van der Waals surface area contributed by atoms with E-state index < -0.39 is 0 Å². The van der Waals surface area contributed by atoms with E-state index >= 15 is 0 Å². The van der Waals surface area contributed by atoms with Gasteiger partial charge in [-0.05, 0) is 26.0 Å². The van der Waals surface area contributed by atoms with Crippen LogP contribution >= 0.6 is 0 Å². The molecule has 2 N–H and O–H groups in total. The van der Waals surface area contributed by atoms with E-state index in [1.54, 1.807) is 0 Å². The van der Waals surface area contributed by atoms with Gasteiger partial charge in [-0.1, -0.05) is 24.8 Å². The number of hydrogen-bond donors (Lipinski definition) is 0. The Morgan fingerprint density at radius 1 is 1.31 bits per heavy atom. The Labute approximate surface area is 79.8 Å². The summed E-state index contributed by atoms with van der Waals surface area (Å²) < 4.78 is 0. The van der Waals surface area contributed by atoms with Gasteiger partial charge in [-0.2, -0.15) is 0 Å². The summed E-state index contributed by atoms with van der Waals surface area (Å²) in [5, 5.41) is 0. The van der Waals surface area contributed by atoms with Crippen molar-refractivity contribution >= 4 is 5.69 Å². The second-order valence-electron chi connectivity index (χ2n) is 2.82. The molecule has 0 aliphatic carbocycles. The van der Waals surface area contributed by atoms with Crippen molar-refractivity contribution in [3.63, 3.8) is 0 Å². The quantitative estimate of drug-likeness (QED) is 0.700. The summed E-state index contributed by atoms with van der Waals surface area (Å²) in [4.78, 5) is 2.18. The van der Waals surface area contributed by atoms with Crippen molar-refractivity contribution in [2.24, 2.45) is 0 Å². The molecule has 13 heavy (non-hydrogen) atoms. The van der Waals surface area contributed by atoms with Gasteiger partial charge in [0.1, 0.15) is 0 Å². The Kier molecular flexibility index (Phi) is 4.85. The van der Waals surface area contributed by atoms with Crippen LogP contribution in [0.4, 0.5) is 5.69 Å². The fraction of sp³-hybridized carbons (Fsp3) is 0.273. The summed E-state index contributed by atoms with van der Waals surface area (Å²) in [7, 11) is 0. The zero-order valence-electron chi connectivity index (χ0n) is 8.25. The fourth-order valence-electron chi connectivity index (χ4n) is 1.28. The van der Waals surface area contributed by atoms with E-state index in [4.69, 9.17) is 0 Å². The molecule has 0 spiro atoms. The number of hydrogen-bond acceptors (Lipinski definition) is 1. The second kappa shape index (κ2) is 5.38. The summed E-state index contributed by atoms with van der Waals surface area (Å²) in [6.07, 6.45) is 0. The van der Waals surface area contributed by atoms with Gasteiger partial charge < -0.3 is 10.4 Å². The topological polar surface area (TPSA) is 34.7 Å². The molecule has 0 saturated carbocycles. The van der Waals surface area contributed by atoms with E-state index in [-0.39, 0.29) is 5.48 Å². The van der Waals surface area contributed by atoms with E-state index in [2.05, 4.69) is 30.5 Å². The number of para-hydroxylation sites is 1. The van der Waals surface area contributed by atoms with Gasteiger partial charge in [0.15, 0.2) is 0 Å². The minimum Gasteiger partial charge on any atom is -0.412 e. The third kappa shape index (κ3) is 2.92. The zero-order chi connectivity index (χ0) is 8.97. The van der Waals surface area contributed by atoms with Crippen molar-refractivity contribution in [2.45, 2.75) is 13.8 Å². The predicted octanol–water partition coefficient (Wildman–Crippen LogP) is 2.22. The van der Waals surface area contributed by atoms with Crippen molar-refractivity contribution in [3.05, 3.63) is 42.6 Å². The lowest BCUT2D eigenvalue weighted by Gasteiger charge is -2.22. The molecule has 0 bridgehead atoms. The maximum atomic E-state index is 3.93. The predicted molar refractivity (Wildman–Crippen MR) is 57.9 cm³/mol. The SMILES string of the molecule is C=C(C)N(CC)c1ccccc1.O. The van der Waals surface area contributed by atoms with Crippen LogP contribution in [-0.2, 0) is 0 Å². The minimum atomic E-state index is 0. The maximum Gasteiger partial charge on any atom is 0.0407 e. The third-order valence-corrected chi connectivity index (χ3v) is 1.84. The summed E-state index contributed by atoms with van der Waals surface area (Å²) in [6.45, 7) is 9.05. The van der Waals surface area contributed by atoms with Gasteiger partial charge in [-0.3, -0.25) is 0 Å². The number of allylic oxidation sites excluding steroid dienone is 1. The molecule has 72 valence electrons. The highest BCUT2D eigenvalue weighted by Gasteiger charge is 2.01. The van der Waals surface area contributed by atoms with Crippen LogP contribution in [-0.4, -0.2) is 12.0 Å². The van der Waals surface area contributed by atoms with Crippen LogP contribution in [0.25, 0.3) is 0 Å². The van der Waals surface area contributed by atoms with Crippen LogP contribution in [0.1, 0.15) is 13.8 Å². The monoisotopic (exact) mass is 179 g/mol. The highest BCUT2D eigenvalue weighted by atomic mass is 16.0. The first-order chi connectivity index (χ1) is 5.75. The Morgan fingerprint density at radius 2 is 1.85 bits per heavy atom. The van der Waals surface area contributed by atoms with Crippen LogP contribution in [0, 0.1) is 0 Å². The zero-order valence-corrected chi connectivity index (χ0v) is 8.25. The first-order valence-electron chi connectivity index (χ1n) is 4.23. The lowest BCUT2D eigenvalue weighted by molar-refractivity contribution is 0.824. The highest BCUT2D eigenvalue weighted by molar-refractivity contribution is 5.50. The lowest BCUT2D eigenvalue weighted by Crippen LogP contribution is -2.18. The molecule has 0 radical (unpaired) electrons. The second-order valence-corrected chi connectivity index (χ2v) is 2.82. The van der Waals surface area contributed by atoms with Crippen LogP contribution < -0.4 is 4.90 Å². The average molecular weight is 179 g/mol. The summed E-state index contributed by atoms with van der Waals surface area (Å²) >= 11 is 0. The van der Waals surface area contributed by atoms with Crippen LogP contribution in [0.2, 0.25) is 0 Å². The normalized spacial score (nSPS) is 8.77. The molecular weight excluding hydrogens is 162 g/mol. The molecular formula is C11H17NO. The molecule has 0 aliphatic rings. The fourth-order valence-corrected chi connectivity index (χ4v) is 1.28. The van der Waals surface area contributed by atoms with Crippen molar-refractivity contribution in [3.8, 4) is 0 Å². The number of nitrogens with zero attached hydrogens (tertiary/aromatic N) is 1. The molecule has 2 nitrogen and oxygen atoms in total. The Hall–Kier alpha value is -1.28. The van der Waals surface area contributed by atoms with E-state index in [1.807, 2.05) is 25.1 Å². The van der Waals surface area contributed by atoms with Crippen LogP contribution in [0.15, 0.2) is 42.6 Å². The van der Waals surface area contributed by atoms with E-state index in [9.17, 15) is 0 Å². The van der Waals surface area contributed by atoms with Crippen molar-refractivity contribution in [1.82, 2.24) is 0 Å². The Bertz CT molecular complexity index is 256. The molecule has 1 rings (SSSR count). The molecule has 0 atom stereocenters. The molecule has 1 aromatic rings. The molecule has 0 aliphatic heterocycles. The summed E-state index contributed by atoms with van der Waals surface area (Å²) in [5.41, 5.74) is 2.30. The van der Waals surface area contributed by atoms with Crippen LogP contribution in [0.5, 0.6) is 0 Å². The molecule has 0 saturated heterocycles. The van der Waals surface area contributed by atoms with Gasteiger partial charge in [-0.25, -0.2) is 0 Å². The summed E-state index contributed by atoms with van der Waals surface area (Å²) in [6, 6.07) is 10.3. The molecule has 1 aromatic carbocycles. The van der Waals surface area contributed by atoms with Crippen molar-refractivity contribution < 1.29 is 5.48 Å². The van der Waals surface area contributed by atoms with Crippen LogP contribution in [0.3, 0.4) is 0 Å². The van der Waals surface area contributed by atoms with Gasteiger partial charge in [0, 0.05) is 17.9 Å². The largest absolute Gasteiger partial charge is 0.412 e.